The van der Waals surface area contributed by atoms with E-state index in [2.05, 4.69) is 41.1 Å². The Labute approximate surface area is 140 Å². The summed E-state index contributed by atoms with van der Waals surface area (Å²) in [6.07, 6.45) is 0.811. The largest absolute Gasteiger partial charge is 0.361 e. The molecule has 8 heteroatoms. The molecule has 0 N–H and O–H groups in total. The van der Waals surface area contributed by atoms with Crippen molar-refractivity contribution in [3.63, 3.8) is 0 Å². The summed E-state index contributed by atoms with van der Waals surface area (Å²) in [6, 6.07) is 0.416. The molecule has 3 rings (SSSR count). The van der Waals surface area contributed by atoms with Crippen LogP contribution in [0.1, 0.15) is 42.6 Å². The number of hydrogen-bond donors (Lipinski definition) is 0. The van der Waals surface area contributed by atoms with E-state index in [1.165, 1.54) is 0 Å². The number of hydrogen-bond acceptors (Lipinski definition) is 7. The maximum absolute atomic E-state index is 12.5. The number of rotatable bonds is 5. The molecular formula is C16H23N5O3. The molecule has 0 saturated heterocycles. The van der Waals surface area contributed by atoms with Gasteiger partial charge in [0.15, 0.2) is 5.82 Å². The van der Waals surface area contributed by atoms with Gasteiger partial charge in [-0.25, -0.2) is 0 Å². The topological polar surface area (TPSA) is 88.5 Å². The minimum atomic E-state index is -0.0198. The molecule has 2 aromatic rings. The average molecular weight is 333 g/mol. The number of aryl methyl sites for hydroxylation is 1. The second-order valence-electron chi connectivity index (χ2n) is 6.52. The van der Waals surface area contributed by atoms with Gasteiger partial charge in [0, 0.05) is 31.1 Å². The van der Waals surface area contributed by atoms with Crippen LogP contribution in [0.3, 0.4) is 0 Å². The number of fused-ring (bicyclic) bond motifs is 1. The van der Waals surface area contributed by atoms with Gasteiger partial charge in [-0.2, -0.15) is 4.98 Å². The van der Waals surface area contributed by atoms with Gasteiger partial charge in [0.1, 0.15) is 17.9 Å². The lowest BCUT2D eigenvalue weighted by Crippen LogP contribution is -2.37. The van der Waals surface area contributed by atoms with Crippen molar-refractivity contribution >= 4 is 5.91 Å². The van der Waals surface area contributed by atoms with E-state index in [0.29, 0.717) is 43.8 Å². The quantitative estimate of drug-likeness (QED) is 0.815. The molecule has 0 aromatic carbocycles. The summed E-state index contributed by atoms with van der Waals surface area (Å²) in [5.41, 5.74) is 1.94. The monoisotopic (exact) mass is 333 g/mol. The van der Waals surface area contributed by atoms with E-state index >= 15 is 0 Å². The summed E-state index contributed by atoms with van der Waals surface area (Å²) in [7, 11) is 2.05. The molecule has 2 aromatic heterocycles. The summed E-state index contributed by atoms with van der Waals surface area (Å²) in [4.78, 5) is 20.6. The molecule has 1 aliphatic heterocycles. The SMILES string of the molecule is Cc1noc(CC(=O)N2CCc3onc(CN(C)C(C)C)c3C2)n1. The Hall–Kier alpha value is -2.22. The fourth-order valence-corrected chi connectivity index (χ4v) is 2.67. The van der Waals surface area contributed by atoms with Crippen molar-refractivity contribution in [3.8, 4) is 0 Å². The molecule has 8 nitrogen and oxygen atoms in total. The van der Waals surface area contributed by atoms with Crippen molar-refractivity contribution in [1.82, 2.24) is 25.1 Å². The highest BCUT2D eigenvalue weighted by Crippen LogP contribution is 2.24. The Kier molecular flexibility index (Phi) is 4.66. The molecule has 130 valence electrons. The van der Waals surface area contributed by atoms with Crippen molar-refractivity contribution in [2.45, 2.75) is 52.7 Å². The van der Waals surface area contributed by atoms with E-state index < -0.39 is 0 Å². The second-order valence-corrected chi connectivity index (χ2v) is 6.52. The zero-order valence-electron chi connectivity index (χ0n) is 14.6. The van der Waals surface area contributed by atoms with Gasteiger partial charge in [-0.1, -0.05) is 10.3 Å². The predicted molar refractivity (Wildman–Crippen MR) is 85.0 cm³/mol. The highest BCUT2D eigenvalue weighted by molar-refractivity contribution is 5.78. The van der Waals surface area contributed by atoms with E-state index in [1.54, 1.807) is 11.8 Å². The van der Waals surface area contributed by atoms with Gasteiger partial charge in [-0.05, 0) is 27.8 Å². The van der Waals surface area contributed by atoms with Gasteiger partial charge >= 0.3 is 0 Å². The molecule has 0 saturated carbocycles. The zero-order chi connectivity index (χ0) is 17.3. The molecule has 0 atom stereocenters. The first-order valence-electron chi connectivity index (χ1n) is 8.17. The van der Waals surface area contributed by atoms with Gasteiger partial charge in [0.2, 0.25) is 11.8 Å². The van der Waals surface area contributed by atoms with Gasteiger partial charge in [-0.15, -0.1) is 0 Å². The fraction of sp³-hybridized carbons (Fsp3) is 0.625. The third kappa shape index (κ3) is 3.48. The van der Waals surface area contributed by atoms with Crippen LogP contribution in [0.2, 0.25) is 0 Å². The van der Waals surface area contributed by atoms with E-state index in [9.17, 15) is 4.79 Å². The first-order chi connectivity index (χ1) is 11.4. The molecule has 1 aliphatic rings. The van der Waals surface area contributed by atoms with Crippen LogP contribution in [-0.4, -0.2) is 50.6 Å². The van der Waals surface area contributed by atoms with Crippen LogP contribution in [0.4, 0.5) is 0 Å². The summed E-state index contributed by atoms with van der Waals surface area (Å²) >= 11 is 0. The third-order valence-electron chi connectivity index (χ3n) is 4.41. The maximum Gasteiger partial charge on any atom is 0.236 e. The molecule has 1 amide bonds. The molecule has 0 radical (unpaired) electrons. The Bertz CT molecular complexity index is 721. The summed E-state index contributed by atoms with van der Waals surface area (Å²) in [5, 5.41) is 7.92. The molecule has 24 heavy (non-hydrogen) atoms. The van der Waals surface area contributed by atoms with Crippen molar-refractivity contribution in [2.75, 3.05) is 13.6 Å². The van der Waals surface area contributed by atoms with Crippen molar-refractivity contribution in [2.24, 2.45) is 0 Å². The summed E-state index contributed by atoms with van der Waals surface area (Å²) < 4.78 is 10.5. The van der Waals surface area contributed by atoms with Crippen LogP contribution in [0, 0.1) is 6.92 Å². The van der Waals surface area contributed by atoms with Crippen molar-refractivity contribution in [3.05, 3.63) is 28.7 Å². The van der Waals surface area contributed by atoms with Gasteiger partial charge < -0.3 is 13.9 Å². The van der Waals surface area contributed by atoms with E-state index in [0.717, 1.165) is 17.0 Å². The molecule has 3 heterocycles. The van der Waals surface area contributed by atoms with Crippen LogP contribution >= 0.6 is 0 Å². The van der Waals surface area contributed by atoms with Crippen molar-refractivity contribution in [1.29, 1.82) is 0 Å². The van der Waals surface area contributed by atoms with Gasteiger partial charge in [0.25, 0.3) is 0 Å². The van der Waals surface area contributed by atoms with E-state index in [4.69, 9.17) is 9.05 Å². The minimum absolute atomic E-state index is 0.0198. The standard InChI is InChI=1S/C16H23N5O3/c1-10(2)20(4)9-13-12-8-21(6-5-14(12)23-19-13)16(22)7-15-17-11(3)18-24-15/h10H,5-9H2,1-4H3. The summed E-state index contributed by atoms with van der Waals surface area (Å²) in [5.74, 6) is 1.76. The number of carbonyl (C=O) groups is 1. The molecule has 0 aliphatic carbocycles. The lowest BCUT2D eigenvalue weighted by Gasteiger charge is -2.27. The molecule has 0 fully saturated rings. The second kappa shape index (κ2) is 6.72. The fourth-order valence-electron chi connectivity index (χ4n) is 2.67. The van der Waals surface area contributed by atoms with Crippen LogP contribution in [0.5, 0.6) is 0 Å². The van der Waals surface area contributed by atoms with Crippen LogP contribution in [-0.2, 0) is 30.7 Å². The highest BCUT2D eigenvalue weighted by Gasteiger charge is 2.28. The number of amides is 1. The Balaban J connectivity index is 1.69. The number of aromatic nitrogens is 3. The average Bonchev–Trinajstić information content (AvgIpc) is 3.13. The van der Waals surface area contributed by atoms with Gasteiger partial charge in [-0.3, -0.25) is 9.69 Å². The van der Waals surface area contributed by atoms with E-state index in [1.807, 2.05) is 0 Å². The normalized spacial score (nSPS) is 14.5. The van der Waals surface area contributed by atoms with Crippen LogP contribution in [0.25, 0.3) is 0 Å². The van der Waals surface area contributed by atoms with Crippen molar-refractivity contribution < 1.29 is 13.8 Å². The molecular weight excluding hydrogens is 310 g/mol. The molecule has 0 spiro atoms. The van der Waals surface area contributed by atoms with Crippen LogP contribution < -0.4 is 0 Å². The highest BCUT2D eigenvalue weighted by atomic mass is 16.5. The van der Waals surface area contributed by atoms with Crippen LogP contribution in [0.15, 0.2) is 9.05 Å². The third-order valence-corrected chi connectivity index (χ3v) is 4.41. The number of nitrogens with zero attached hydrogens (tertiary/aromatic N) is 5. The Morgan fingerprint density at radius 1 is 1.33 bits per heavy atom. The predicted octanol–water partition coefficient (Wildman–Crippen LogP) is 1.33. The Morgan fingerprint density at radius 2 is 2.12 bits per heavy atom. The lowest BCUT2D eigenvalue weighted by atomic mass is 10.0. The first-order valence-corrected chi connectivity index (χ1v) is 8.17. The molecule has 0 unspecified atom stereocenters. The summed E-state index contributed by atoms with van der Waals surface area (Å²) in [6.45, 7) is 7.85. The maximum atomic E-state index is 12.5. The van der Waals surface area contributed by atoms with Gasteiger partial charge in [0.05, 0.1) is 6.54 Å². The smallest absolute Gasteiger partial charge is 0.236 e. The molecule has 0 bridgehead atoms. The zero-order valence-corrected chi connectivity index (χ0v) is 14.6. The number of carbonyl (C=O) groups excluding carboxylic acids is 1. The Morgan fingerprint density at radius 3 is 2.79 bits per heavy atom. The first kappa shape index (κ1) is 16.6. The minimum Gasteiger partial charge on any atom is -0.361 e. The van der Waals surface area contributed by atoms with E-state index in [-0.39, 0.29) is 12.3 Å². The lowest BCUT2D eigenvalue weighted by molar-refractivity contribution is -0.131.